The molecular formula is C20H14F3N3O6. The van der Waals surface area contributed by atoms with Crippen molar-refractivity contribution in [2.24, 2.45) is 5.10 Å². The summed E-state index contributed by atoms with van der Waals surface area (Å²) in [7, 11) is 1.35. The molecule has 0 aliphatic rings. The van der Waals surface area contributed by atoms with Crippen molar-refractivity contribution in [2.75, 3.05) is 12.5 Å². The number of hydrogen-bond donors (Lipinski definition) is 1. The van der Waals surface area contributed by atoms with E-state index in [1.165, 1.54) is 49.9 Å². The van der Waals surface area contributed by atoms with E-state index in [9.17, 15) is 28.1 Å². The lowest BCUT2D eigenvalue weighted by atomic mass is 10.1. The van der Waals surface area contributed by atoms with Crippen LogP contribution >= 0.6 is 0 Å². The van der Waals surface area contributed by atoms with Crippen LogP contribution in [-0.4, -0.2) is 24.2 Å². The maximum Gasteiger partial charge on any atom is 0.416 e. The van der Waals surface area contributed by atoms with E-state index in [1.54, 1.807) is 0 Å². The Balaban J connectivity index is 1.75. The largest absolute Gasteiger partial charge is 0.493 e. The van der Waals surface area contributed by atoms with E-state index >= 15 is 0 Å². The van der Waals surface area contributed by atoms with Crippen molar-refractivity contribution >= 4 is 23.6 Å². The lowest BCUT2D eigenvalue weighted by molar-refractivity contribution is -0.384. The van der Waals surface area contributed by atoms with Crippen molar-refractivity contribution in [3.8, 4) is 11.5 Å². The average molecular weight is 449 g/mol. The minimum Gasteiger partial charge on any atom is -0.493 e. The first-order chi connectivity index (χ1) is 15.2. The van der Waals surface area contributed by atoms with Crippen molar-refractivity contribution in [3.05, 3.63) is 81.8 Å². The lowest BCUT2D eigenvalue weighted by Crippen LogP contribution is -2.08. The van der Waals surface area contributed by atoms with E-state index in [2.05, 4.69) is 10.5 Å². The fourth-order valence-electron chi connectivity index (χ4n) is 2.52. The Labute approximate surface area is 178 Å². The van der Waals surface area contributed by atoms with E-state index in [0.29, 0.717) is 17.7 Å². The number of ether oxygens (including phenoxy) is 2. The van der Waals surface area contributed by atoms with Gasteiger partial charge in [-0.05, 0) is 48.0 Å². The van der Waals surface area contributed by atoms with Crippen molar-refractivity contribution in [2.45, 2.75) is 6.18 Å². The van der Waals surface area contributed by atoms with Crippen LogP contribution in [0.2, 0.25) is 0 Å². The molecule has 0 fully saturated rings. The van der Waals surface area contributed by atoms with Crippen LogP contribution in [-0.2, 0) is 6.18 Å². The molecule has 0 aliphatic carbocycles. The Morgan fingerprint density at radius 1 is 1.19 bits per heavy atom. The monoisotopic (exact) mass is 449 g/mol. The number of nitro benzene ring substituents is 1. The number of hydrogen-bond acceptors (Lipinski definition) is 8. The maximum absolute atomic E-state index is 12.8. The number of carbonyl (C=O) groups excluding carboxylic acids is 1. The van der Waals surface area contributed by atoms with E-state index in [-0.39, 0.29) is 22.9 Å². The van der Waals surface area contributed by atoms with Gasteiger partial charge in [-0.2, -0.15) is 18.3 Å². The van der Waals surface area contributed by atoms with Gasteiger partial charge in [-0.25, -0.2) is 4.79 Å². The van der Waals surface area contributed by atoms with Gasteiger partial charge in [0.05, 0.1) is 30.1 Å². The second-order valence-electron chi connectivity index (χ2n) is 6.13. The van der Waals surface area contributed by atoms with Gasteiger partial charge in [0, 0.05) is 6.07 Å². The lowest BCUT2D eigenvalue weighted by Gasteiger charge is -2.09. The molecule has 1 aromatic heterocycles. The summed E-state index contributed by atoms with van der Waals surface area (Å²) in [5.41, 5.74) is 0.633. The molecule has 0 atom stereocenters. The molecule has 1 heterocycles. The number of nitrogens with zero attached hydrogens (tertiary/aromatic N) is 2. The molecule has 3 rings (SSSR count). The zero-order valence-electron chi connectivity index (χ0n) is 16.3. The number of furan rings is 1. The van der Waals surface area contributed by atoms with Crippen LogP contribution in [0.25, 0.3) is 0 Å². The Hall–Kier alpha value is -4.35. The quantitative estimate of drug-likeness (QED) is 0.180. The van der Waals surface area contributed by atoms with E-state index in [4.69, 9.17) is 13.9 Å². The Morgan fingerprint density at radius 3 is 2.59 bits per heavy atom. The average Bonchev–Trinajstić information content (AvgIpc) is 3.29. The van der Waals surface area contributed by atoms with Crippen LogP contribution < -0.4 is 14.9 Å². The number of esters is 1. The molecule has 0 saturated carbocycles. The van der Waals surface area contributed by atoms with Gasteiger partial charge in [0.2, 0.25) is 5.76 Å². The molecule has 2 aromatic carbocycles. The number of benzene rings is 2. The highest BCUT2D eigenvalue weighted by atomic mass is 19.4. The SMILES string of the molecule is COc1cc(C=NNc2ccc(C(F)(F)F)cc2[N+](=O)[O-])ccc1OC(=O)c1ccco1. The molecule has 9 nitrogen and oxygen atoms in total. The predicted octanol–water partition coefficient (Wildman–Crippen LogP) is 4.88. The third-order valence-corrected chi connectivity index (χ3v) is 4.03. The number of anilines is 1. The van der Waals surface area contributed by atoms with E-state index < -0.39 is 28.3 Å². The minimum absolute atomic E-state index is 0.0000259. The molecule has 0 saturated heterocycles. The number of alkyl halides is 3. The van der Waals surface area contributed by atoms with Gasteiger partial charge in [-0.15, -0.1) is 0 Å². The van der Waals surface area contributed by atoms with Crippen molar-refractivity contribution in [1.82, 2.24) is 0 Å². The smallest absolute Gasteiger partial charge is 0.416 e. The number of rotatable bonds is 7. The summed E-state index contributed by atoms with van der Waals surface area (Å²) >= 11 is 0. The van der Waals surface area contributed by atoms with Crippen LogP contribution in [0.1, 0.15) is 21.7 Å². The molecular weight excluding hydrogens is 435 g/mol. The van der Waals surface area contributed by atoms with Crippen LogP contribution in [0.15, 0.2) is 64.3 Å². The first-order valence-corrected chi connectivity index (χ1v) is 8.77. The topological polar surface area (TPSA) is 116 Å². The van der Waals surface area contributed by atoms with Gasteiger partial charge in [0.25, 0.3) is 5.69 Å². The Kier molecular flexibility index (Phi) is 6.42. The van der Waals surface area contributed by atoms with Crippen LogP contribution in [0.5, 0.6) is 11.5 Å². The van der Waals surface area contributed by atoms with Crippen molar-refractivity contribution in [3.63, 3.8) is 0 Å². The zero-order chi connectivity index (χ0) is 23.3. The minimum atomic E-state index is -4.72. The molecule has 3 aromatic rings. The van der Waals surface area contributed by atoms with Crippen LogP contribution in [0.3, 0.4) is 0 Å². The fraction of sp³-hybridized carbons (Fsp3) is 0.100. The molecule has 0 spiro atoms. The highest BCUT2D eigenvalue weighted by Crippen LogP contribution is 2.35. The van der Waals surface area contributed by atoms with Gasteiger partial charge < -0.3 is 13.9 Å². The third-order valence-electron chi connectivity index (χ3n) is 4.03. The molecule has 1 N–H and O–H groups in total. The predicted molar refractivity (Wildman–Crippen MR) is 106 cm³/mol. The number of hydrazone groups is 1. The second-order valence-corrected chi connectivity index (χ2v) is 6.13. The van der Waals surface area contributed by atoms with Gasteiger partial charge in [-0.1, -0.05) is 0 Å². The van der Waals surface area contributed by atoms with E-state index in [0.717, 1.165) is 6.07 Å². The number of carbonyl (C=O) groups is 1. The summed E-state index contributed by atoms with van der Waals surface area (Å²) in [6.45, 7) is 0. The third kappa shape index (κ3) is 5.22. The van der Waals surface area contributed by atoms with Crippen molar-refractivity contribution < 1.29 is 36.8 Å². The molecule has 166 valence electrons. The van der Waals surface area contributed by atoms with Crippen LogP contribution in [0.4, 0.5) is 24.5 Å². The normalized spacial score (nSPS) is 11.4. The summed E-state index contributed by atoms with van der Waals surface area (Å²) < 4.78 is 53.7. The zero-order valence-corrected chi connectivity index (χ0v) is 16.3. The summed E-state index contributed by atoms with van der Waals surface area (Å²) in [6, 6.07) is 9.41. The Morgan fingerprint density at radius 2 is 1.97 bits per heavy atom. The highest BCUT2D eigenvalue weighted by molar-refractivity contribution is 5.89. The van der Waals surface area contributed by atoms with Gasteiger partial charge in [-0.3, -0.25) is 15.5 Å². The molecule has 0 radical (unpaired) electrons. The Bertz CT molecular complexity index is 1160. The van der Waals surface area contributed by atoms with Gasteiger partial charge in [0.1, 0.15) is 5.69 Å². The number of nitrogens with one attached hydrogen (secondary N) is 1. The van der Waals surface area contributed by atoms with Gasteiger partial charge >= 0.3 is 12.1 Å². The summed E-state index contributed by atoms with van der Waals surface area (Å²) in [5, 5.41) is 14.9. The second kappa shape index (κ2) is 9.20. The fourth-order valence-corrected chi connectivity index (χ4v) is 2.52. The standard InChI is InChI=1S/C20H14F3N3O6/c1-30-18-9-12(4-7-16(18)32-19(27)17-3-2-8-31-17)11-24-25-14-6-5-13(20(21,22)23)10-15(14)26(28)29/h2-11,25H,1H3. The molecule has 0 aliphatic heterocycles. The number of halogens is 3. The molecule has 0 bridgehead atoms. The molecule has 0 amide bonds. The summed E-state index contributed by atoms with van der Waals surface area (Å²) in [4.78, 5) is 22.2. The number of nitro groups is 1. The molecule has 32 heavy (non-hydrogen) atoms. The van der Waals surface area contributed by atoms with Crippen LogP contribution in [0, 0.1) is 10.1 Å². The van der Waals surface area contributed by atoms with Gasteiger partial charge in [0.15, 0.2) is 11.5 Å². The maximum atomic E-state index is 12.8. The molecule has 12 heteroatoms. The van der Waals surface area contributed by atoms with E-state index in [1.807, 2.05) is 0 Å². The highest BCUT2D eigenvalue weighted by Gasteiger charge is 2.33. The summed E-state index contributed by atoms with van der Waals surface area (Å²) in [6.07, 6.45) is -2.14. The number of methoxy groups -OCH3 is 1. The first-order valence-electron chi connectivity index (χ1n) is 8.77. The van der Waals surface area contributed by atoms with Crippen molar-refractivity contribution in [1.29, 1.82) is 0 Å². The summed E-state index contributed by atoms with van der Waals surface area (Å²) in [5.74, 6) is -0.433. The first kappa shape index (κ1) is 22.3. The molecule has 0 unspecified atom stereocenters.